The molecule has 0 saturated carbocycles. The summed E-state index contributed by atoms with van der Waals surface area (Å²) >= 11 is 0. The van der Waals surface area contributed by atoms with E-state index >= 15 is 0 Å². The highest BCUT2D eigenvalue weighted by molar-refractivity contribution is 5.93. The normalized spacial score (nSPS) is 10.5. The molecule has 0 unspecified atom stereocenters. The van der Waals surface area contributed by atoms with Gasteiger partial charge in [0.1, 0.15) is 6.54 Å². The van der Waals surface area contributed by atoms with Crippen LogP contribution in [0.5, 0.6) is 0 Å². The Bertz CT molecular complexity index is 947. The number of nitrogens with zero attached hydrogens (tertiary/aromatic N) is 1. The molecule has 0 atom stereocenters. The van der Waals surface area contributed by atoms with E-state index in [0.717, 1.165) is 16.8 Å². The van der Waals surface area contributed by atoms with Gasteiger partial charge in [-0.25, -0.2) is 4.79 Å². The van der Waals surface area contributed by atoms with Gasteiger partial charge in [0, 0.05) is 17.9 Å². The first kappa shape index (κ1) is 19.4. The maximum Gasteiger partial charge on any atom is 0.339 e. The summed E-state index contributed by atoms with van der Waals surface area (Å²) < 4.78 is 7.03. The van der Waals surface area contributed by atoms with Gasteiger partial charge in [0.05, 0.1) is 12.2 Å². The molecule has 1 N–H and O–H groups in total. The molecule has 3 aromatic rings. The lowest BCUT2D eigenvalue weighted by molar-refractivity contribution is -0.121. The number of amides is 1. The molecule has 28 heavy (non-hydrogen) atoms. The third-order valence-corrected chi connectivity index (χ3v) is 4.57. The first-order chi connectivity index (χ1) is 13.6. The van der Waals surface area contributed by atoms with E-state index in [2.05, 4.69) is 5.32 Å². The summed E-state index contributed by atoms with van der Waals surface area (Å²) in [4.78, 5) is 24.9. The number of rotatable bonds is 7. The van der Waals surface area contributed by atoms with E-state index in [4.69, 9.17) is 4.74 Å². The van der Waals surface area contributed by atoms with Gasteiger partial charge < -0.3 is 14.6 Å². The van der Waals surface area contributed by atoms with Crippen molar-refractivity contribution < 1.29 is 14.3 Å². The van der Waals surface area contributed by atoms with Crippen molar-refractivity contribution in [3.05, 3.63) is 83.6 Å². The van der Waals surface area contributed by atoms with Crippen LogP contribution in [0, 0.1) is 6.92 Å². The lowest BCUT2D eigenvalue weighted by Gasteiger charge is -2.12. The first-order valence-electron chi connectivity index (χ1n) is 9.33. The minimum atomic E-state index is -0.374. The van der Waals surface area contributed by atoms with Crippen molar-refractivity contribution in [2.75, 3.05) is 6.61 Å². The molecule has 2 aromatic carbocycles. The minimum absolute atomic E-state index is 0.116. The van der Waals surface area contributed by atoms with Gasteiger partial charge in [-0.1, -0.05) is 60.7 Å². The quantitative estimate of drug-likeness (QED) is 0.635. The van der Waals surface area contributed by atoms with Gasteiger partial charge in [0.15, 0.2) is 0 Å². The van der Waals surface area contributed by atoms with Crippen molar-refractivity contribution >= 4 is 11.9 Å². The zero-order valence-corrected chi connectivity index (χ0v) is 16.1. The van der Waals surface area contributed by atoms with Crippen molar-refractivity contribution in [2.24, 2.45) is 0 Å². The van der Waals surface area contributed by atoms with E-state index < -0.39 is 0 Å². The fourth-order valence-electron chi connectivity index (χ4n) is 3.11. The van der Waals surface area contributed by atoms with Crippen LogP contribution >= 0.6 is 0 Å². The van der Waals surface area contributed by atoms with Crippen LogP contribution in [0.25, 0.3) is 11.3 Å². The number of ether oxygens (including phenoxy) is 1. The Labute approximate surface area is 165 Å². The van der Waals surface area contributed by atoms with Crippen molar-refractivity contribution in [1.82, 2.24) is 9.88 Å². The Kier molecular flexibility index (Phi) is 6.27. The summed E-state index contributed by atoms with van der Waals surface area (Å²) in [6.45, 7) is 4.51. The van der Waals surface area contributed by atoms with Gasteiger partial charge in [-0.15, -0.1) is 0 Å². The molecular weight excluding hydrogens is 352 g/mol. The number of carbonyl (C=O) groups excluding carboxylic acids is 2. The summed E-state index contributed by atoms with van der Waals surface area (Å²) in [5.41, 5.74) is 3.99. The molecule has 1 amide bonds. The second-order valence-corrected chi connectivity index (χ2v) is 6.46. The molecule has 0 bridgehead atoms. The first-order valence-corrected chi connectivity index (χ1v) is 9.33. The van der Waals surface area contributed by atoms with Crippen molar-refractivity contribution in [2.45, 2.75) is 26.9 Å². The molecule has 0 aliphatic carbocycles. The smallest absolute Gasteiger partial charge is 0.339 e. The standard InChI is InChI=1S/C23H24N2O3/c1-3-28-23(27)20-14-21(19-12-8-5-9-13-19)25(17(20)2)16-22(26)24-15-18-10-6-4-7-11-18/h4-14H,3,15-16H2,1-2H3,(H,24,26). The monoisotopic (exact) mass is 376 g/mol. The third-order valence-electron chi connectivity index (χ3n) is 4.57. The molecule has 0 saturated heterocycles. The largest absolute Gasteiger partial charge is 0.462 e. The number of carbonyl (C=O) groups is 2. The maximum atomic E-state index is 12.6. The summed E-state index contributed by atoms with van der Waals surface area (Å²) in [5.74, 6) is -0.490. The van der Waals surface area contributed by atoms with Crippen LogP contribution in [-0.2, 0) is 22.6 Å². The van der Waals surface area contributed by atoms with E-state index in [0.29, 0.717) is 24.4 Å². The molecule has 1 aromatic heterocycles. The second-order valence-electron chi connectivity index (χ2n) is 6.46. The van der Waals surface area contributed by atoms with Crippen LogP contribution in [0.15, 0.2) is 66.7 Å². The highest BCUT2D eigenvalue weighted by Gasteiger charge is 2.20. The third kappa shape index (κ3) is 4.49. The lowest BCUT2D eigenvalue weighted by atomic mass is 10.1. The number of benzene rings is 2. The Morgan fingerprint density at radius 2 is 1.64 bits per heavy atom. The molecule has 5 heteroatoms. The van der Waals surface area contributed by atoms with E-state index in [1.165, 1.54) is 0 Å². The average Bonchev–Trinajstić information content (AvgIpc) is 3.04. The zero-order valence-electron chi connectivity index (χ0n) is 16.1. The molecular formula is C23H24N2O3. The molecule has 5 nitrogen and oxygen atoms in total. The molecule has 0 aliphatic rings. The second kappa shape index (κ2) is 9.04. The summed E-state index contributed by atoms with van der Waals surface area (Å²) in [7, 11) is 0. The van der Waals surface area contributed by atoms with Crippen LogP contribution in [0.3, 0.4) is 0 Å². The minimum Gasteiger partial charge on any atom is -0.462 e. The van der Waals surface area contributed by atoms with Crippen LogP contribution in [-0.4, -0.2) is 23.1 Å². The SMILES string of the molecule is CCOC(=O)c1cc(-c2ccccc2)n(CC(=O)NCc2ccccc2)c1C. The van der Waals surface area contributed by atoms with E-state index in [1.54, 1.807) is 13.0 Å². The van der Waals surface area contributed by atoms with Gasteiger partial charge in [0.25, 0.3) is 0 Å². The van der Waals surface area contributed by atoms with Gasteiger partial charge >= 0.3 is 5.97 Å². The van der Waals surface area contributed by atoms with Crippen LogP contribution in [0.1, 0.15) is 28.5 Å². The molecule has 0 aliphatic heterocycles. The predicted molar refractivity (Wildman–Crippen MR) is 109 cm³/mol. The Morgan fingerprint density at radius 1 is 1.00 bits per heavy atom. The molecule has 3 rings (SSSR count). The van der Waals surface area contributed by atoms with Crippen LogP contribution in [0.2, 0.25) is 0 Å². The van der Waals surface area contributed by atoms with E-state index in [-0.39, 0.29) is 18.4 Å². The van der Waals surface area contributed by atoms with Crippen molar-refractivity contribution in [1.29, 1.82) is 0 Å². The number of esters is 1. The van der Waals surface area contributed by atoms with Crippen LogP contribution < -0.4 is 5.32 Å². The van der Waals surface area contributed by atoms with Crippen molar-refractivity contribution in [3.63, 3.8) is 0 Å². The van der Waals surface area contributed by atoms with E-state index in [9.17, 15) is 9.59 Å². The number of hydrogen-bond acceptors (Lipinski definition) is 3. The fraction of sp³-hybridized carbons (Fsp3) is 0.217. The highest BCUT2D eigenvalue weighted by atomic mass is 16.5. The van der Waals surface area contributed by atoms with Gasteiger partial charge in [0.2, 0.25) is 5.91 Å². The summed E-state index contributed by atoms with van der Waals surface area (Å²) in [6.07, 6.45) is 0. The lowest BCUT2D eigenvalue weighted by Crippen LogP contribution is -2.27. The summed E-state index contributed by atoms with van der Waals surface area (Å²) in [5, 5.41) is 2.94. The number of nitrogens with one attached hydrogen (secondary N) is 1. The van der Waals surface area contributed by atoms with E-state index in [1.807, 2.05) is 72.2 Å². The molecule has 144 valence electrons. The Balaban J connectivity index is 1.85. The van der Waals surface area contributed by atoms with Gasteiger partial charge in [-0.05, 0) is 31.0 Å². The number of aromatic nitrogens is 1. The molecule has 0 spiro atoms. The molecule has 0 radical (unpaired) electrons. The van der Waals surface area contributed by atoms with Crippen LogP contribution in [0.4, 0.5) is 0 Å². The Hall–Kier alpha value is -3.34. The summed E-state index contributed by atoms with van der Waals surface area (Å²) in [6, 6.07) is 21.3. The highest BCUT2D eigenvalue weighted by Crippen LogP contribution is 2.26. The molecule has 0 fully saturated rings. The number of hydrogen-bond donors (Lipinski definition) is 1. The maximum absolute atomic E-state index is 12.6. The Morgan fingerprint density at radius 3 is 2.29 bits per heavy atom. The van der Waals surface area contributed by atoms with Crippen molar-refractivity contribution in [3.8, 4) is 11.3 Å². The average molecular weight is 376 g/mol. The predicted octanol–water partition coefficient (Wildman–Crippen LogP) is 3.96. The van der Waals surface area contributed by atoms with Gasteiger partial charge in [-0.2, -0.15) is 0 Å². The fourth-order valence-corrected chi connectivity index (χ4v) is 3.11. The van der Waals surface area contributed by atoms with Gasteiger partial charge in [-0.3, -0.25) is 4.79 Å². The topological polar surface area (TPSA) is 60.3 Å². The molecule has 1 heterocycles. The zero-order chi connectivity index (χ0) is 19.9.